The van der Waals surface area contributed by atoms with E-state index >= 15 is 0 Å². The molecule has 5 nitrogen and oxygen atoms in total. The molecule has 1 amide bonds. The number of pyridine rings is 1. The molecule has 7 heteroatoms. The first kappa shape index (κ1) is 21.3. The number of amides is 1. The smallest absolute Gasteiger partial charge is 0.260 e. The van der Waals surface area contributed by atoms with Crippen LogP contribution < -0.4 is 9.64 Å². The van der Waals surface area contributed by atoms with Gasteiger partial charge >= 0.3 is 0 Å². The lowest BCUT2D eigenvalue weighted by Crippen LogP contribution is -2.30. The van der Waals surface area contributed by atoms with Crippen molar-refractivity contribution >= 4 is 44.2 Å². The van der Waals surface area contributed by atoms with Gasteiger partial charge in [-0.15, -0.1) is 0 Å². The van der Waals surface area contributed by atoms with Gasteiger partial charge in [-0.3, -0.25) is 14.7 Å². The van der Waals surface area contributed by atoms with Crippen molar-refractivity contribution in [1.82, 2.24) is 9.97 Å². The van der Waals surface area contributed by atoms with Gasteiger partial charge < -0.3 is 4.74 Å². The van der Waals surface area contributed by atoms with Crippen LogP contribution in [0.4, 0.5) is 5.13 Å². The normalized spacial score (nSPS) is 10.9. The van der Waals surface area contributed by atoms with Gasteiger partial charge in [0.25, 0.3) is 5.91 Å². The Morgan fingerprint density at radius 3 is 2.71 bits per heavy atom. The van der Waals surface area contributed by atoms with Gasteiger partial charge in [0.05, 0.1) is 29.1 Å². The second-order valence-electron chi connectivity index (χ2n) is 7.05. The fraction of sp³-hybridized carbons (Fsp3) is 0.208. The van der Waals surface area contributed by atoms with Gasteiger partial charge in [0.15, 0.2) is 5.13 Å². The topological polar surface area (TPSA) is 55.3 Å². The number of anilines is 1. The predicted octanol–water partition coefficient (Wildman–Crippen LogP) is 6.37. The van der Waals surface area contributed by atoms with Crippen molar-refractivity contribution in [1.29, 1.82) is 0 Å². The van der Waals surface area contributed by atoms with Crippen LogP contribution in [0.3, 0.4) is 0 Å². The number of aromatic nitrogens is 2. The molecule has 0 saturated carbocycles. The Morgan fingerprint density at radius 2 is 1.97 bits per heavy atom. The maximum absolute atomic E-state index is 13.5. The van der Waals surface area contributed by atoms with Gasteiger partial charge in [0, 0.05) is 16.8 Å². The second kappa shape index (κ2) is 9.90. The van der Waals surface area contributed by atoms with Crippen LogP contribution >= 0.6 is 22.9 Å². The highest BCUT2D eigenvalue weighted by molar-refractivity contribution is 7.22. The SMILES string of the molecule is CCCCOc1ccc(C(=O)N(Cc2ccccn2)c2nc3ccc(Cl)cc3s2)cc1. The van der Waals surface area contributed by atoms with Crippen LogP contribution in [0.25, 0.3) is 10.2 Å². The molecule has 0 N–H and O–H groups in total. The molecule has 2 aromatic heterocycles. The summed E-state index contributed by atoms with van der Waals surface area (Å²) in [4.78, 5) is 24.2. The minimum Gasteiger partial charge on any atom is -0.494 e. The highest BCUT2D eigenvalue weighted by Crippen LogP contribution is 2.32. The Balaban J connectivity index is 1.63. The van der Waals surface area contributed by atoms with Crippen molar-refractivity contribution in [2.24, 2.45) is 0 Å². The van der Waals surface area contributed by atoms with E-state index in [1.54, 1.807) is 29.3 Å². The fourth-order valence-electron chi connectivity index (χ4n) is 3.07. The number of halogens is 1. The summed E-state index contributed by atoms with van der Waals surface area (Å²) >= 11 is 7.57. The van der Waals surface area contributed by atoms with Crippen LogP contribution in [-0.2, 0) is 6.54 Å². The minimum absolute atomic E-state index is 0.143. The number of thiazole rings is 1. The Morgan fingerprint density at radius 1 is 1.13 bits per heavy atom. The average Bonchev–Trinajstić information content (AvgIpc) is 3.21. The molecule has 0 radical (unpaired) electrons. The quantitative estimate of drug-likeness (QED) is 0.292. The predicted molar refractivity (Wildman–Crippen MR) is 126 cm³/mol. The number of hydrogen-bond acceptors (Lipinski definition) is 5. The summed E-state index contributed by atoms with van der Waals surface area (Å²) in [5.41, 5.74) is 2.16. The largest absolute Gasteiger partial charge is 0.494 e. The molecule has 0 aliphatic rings. The monoisotopic (exact) mass is 451 g/mol. The maximum atomic E-state index is 13.5. The second-order valence-corrected chi connectivity index (χ2v) is 8.49. The van der Waals surface area contributed by atoms with E-state index in [0.717, 1.165) is 34.5 Å². The average molecular weight is 452 g/mol. The third-order valence-corrected chi connectivity index (χ3v) is 6.01. The van der Waals surface area contributed by atoms with Crippen LogP contribution in [0.15, 0.2) is 66.9 Å². The van der Waals surface area contributed by atoms with E-state index in [-0.39, 0.29) is 5.91 Å². The first-order chi connectivity index (χ1) is 15.1. The van der Waals surface area contributed by atoms with E-state index in [1.165, 1.54) is 11.3 Å². The summed E-state index contributed by atoms with van der Waals surface area (Å²) in [6, 6.07) is 18.4. The third kappa shape index (κ3) is 5.21. The molecule has 0 saturated heterocycles. The first-order valence-corrected chi connectivity index (χ1v) is 11.3. The summed E-state index contributed by atoms with van der Waals surface area (Å²) < 4.78 is 6.65. The van der Waals surface area contributed by atoms with Gasteiger partial charge in [0.2, 0.25) is 0 Å². The molecular weight excluding hydrogens is 430 g/mol. The van der Waals surface area contributed by atoms with Crippen molar-refractivity contribution in [3.63, 3.8) is 0 Å². The van der Waals surface area contributed by atoms with Crippen molar-refractivity contribution in [2.45, 2.75) is 26.3 Å². The Kier molecular flexibility index (Phi) is 6.79. The zero-order valence-corrected chi connectivity index (χ0v) is 18.7. The number of fused-ring (bicyclic) bond motifs is 1. The summed E-state index contributed by atoms with van der Waals surface area (Å²) in [6.45, 7) is 3.11. The molecule has 4 aromatic rings. The zero-order chi connectivity index (χ0) is 21.6. The first-order valence-electron chi connectivity index (χ1n) is 10.1. The lowest BCUT2D eigenvalue weighted by atomic mass is 10.2. The van der Waals surface area contributed by atoms with Gasteiger partial charge in [-0.05, 0) is 61.0 Å². The summed E-state index contributed by atoms with van der Waals surface area (Å²) in [6.07, 6.45) is 3.80. The lowest BCUT2D eigenvalue weighted by Gasteiger charge is -2.19. The van der Waals surface area contributed by atoms with Crippen LogP contribution in [0.2, 0.25) is 5.02 Å². The number of nitrogens with zero attached hydrogens (tertiary/aromatic N) is 3. The van der Waals surface area contributed by atoms with E-state index in [2.05, 4.69) is 16.9 Å². The standard InChI is InChI=1S/C24H22ClN3O2S/c1-2-3-14-30-20-10-7-17(8-11-20)23(29)28(16-19-6-4-5-13-26-19)24-27-21-12-9-18(25)15-22(21)31-24/h4-13,15H,2-3,14,16H2,1H3. The van der Waals surface area contributed by atoms with E-state index in [9.17, 15) is 4.79 Å². The maximum Gasteiger partial charge on any atom is 0.260 e. The van der Waals surface area contributed by atoms with Crippen LogP contribution in [0.5, 0.6) is 5.75 Å². The molecule has 2 aromatic carbocycles. The summed E-state index contributed by atoms with van der Waals surface area (Å²) in [7, 11) is 0. The Labute approximate surface area is 190 Å². The molecule has 31 heavy (non-hydrogen) atoms. The summed E-state index contributed by atoms with van der Waals surface area (Å²) in [5, 5.41) is 1.25. The number of ether oxygens (including phenoxy) is 1. The molecule has 0 spiro atoms. The van der Waals surface area contributed by atoms with E-state index in [1.807, 2.05) is 42.5 Å². The fourth-order valence-corrected chi connectivity index (χ4v) is 4.30. The molecule has 0 atom stereocenters. The number of carbonyl (C=O) groups excluding carboxylic acids is 1. The van der Waals surface area contributed by atoms with Crippen LogP contribution in [-0.4, -0.2) is 22.5 Å². The number of benzene rings is 2. The van der Waals surface area contributed by atoms with Crippen molar-refractivity contribution in [2.75, 3.05) is 11.5 Å². The lowest BCUT2D eigenvalue weighted by molar-refractivity contribution is 0.0985. The van der Waals surface area contributed by atoms with Crippen molar-refractivity contribution in [3.8, 4) is 5.75 Å². The van der Waals surface area contributed by atoms with Gasteiger partial charge in [-0.2, -0.15) is 0 Å². The Bertz CT molecular complexity index is 1160. The van der Waals surface area contributed by atoms with Gasteiger partial charge in [-0.25, -0.2) is 4.98 Å². The van der Waals surface area contributed by atoms with Crippen LogP contribution in [0.1, 0.15) is 35.8 Å². The third-order valence-electron chi connectivity index (χ3n) is 4.73. The molecule has 4 rings (SSSR count). The highest BCUT2D eigenvalue weighted by atomic mass is 35.5. The number of rotatable bonds is 8. The van der Waals surface area contributed by atoms with E-state index < -0.39 is 0 Å². The van der Waals surface area contributed by atoms with Gasteiger partial charge in [-0.1, -0.05) is 42.3 Å². The number of unbranched alkanes of at least 4 members (excludes halogenated alkanes) is 1. The summed E-state index contributed by atoms with van der Waals surface area (Å²) in [5.74, 6) is 0.617. The minimum atomic E-state index is -0.143. The van der Waals surface area contributed by atoms with Crippen molar-refractivity contribution in [3.05, 3.63) is 83.1 Å². The molecular formula is C24H22ClN3O2S. The molecule has 2 heterocycles. The van der Waals surface area contributed by atoms with E-state index in [4.69, 9.17) is 16.3 Å². The molecule has 158 valence electrons. The molecule has 0 bridgehead atoms. The van der Waals surface area contributed by atoms with Crippen molar-refractivity contribution < 1.29 is 9.53 Å². The molecule has 0 fully saturated rings. The number of hydrogen-bond donors (Lipinski definition) is 0. The number of carbonyl (C=O) groups is 1. The Hall–Kier alpha value is -2.96. The van der Waals surface area contributed by atoms with Crippen LogP contribution in [0, 0.1) is 0 Å². The molecule has 0 aliphatic carbocycles. The van der Waals surface area contributed by atoms with E-state index in [0.29, 0.717) is 28.9 Å². The molecule has 0 aliphatic heterocycles. The molecule has 0 unspecified atom stereocenters. The highest BCUT2D eigenvalue weighted by Gasteiger charge is 2.22. The zero-order valence-electron chi connectivity index (χ0n) is 17.1. The van der Waals surface area contributed by atoms with Gasteiger partial charge in [0.1, 0.15) is 5.75 Å².